The molecule has 1 aromatic carbocycles. The lowest BCUT2D eigenvalue weighted by Crippen LogP contribution is -2.59. The molecule has 8 heteroatoms. The Kier molecular flexibility index (Phi) is 4.94. The molecule has 1 aromatic rings. The number of ether oxygens (including phenoxy) is 2. The fourth-order valence-electron chi connectivity index (χ4n) is 2.86. The fraction of sp³-hybridized carbons (Fsp3) is 0.375. The number of halogens is 1. The first-order chi connectivity index (χ1) is 11.2. The first kappa shape index (κ1) is 17.9. The highest BCUT2D eigenvalue weighted by atomic mass is 35.5. The quantitative estimate of drug-likeness (QED) is 0.442. The Bertz CT molecular complexity index is 718. The summed E-state index contributed by atoms with van der Waals surface area (Å²) >= 11 is 6.00. The zero-order valence-corrected chi connectivity index (χ0v) is 13.9. The number of rotatable bonds is 6. The molecule has 1 aliphatic heterocycles. The van der Waals surface area contributed by atoms with Crippen LogP contribution in [0.15, 0.2) is 36.4 Å². The van der Waals surface area contributed by atoms with Crippen molar-refractivity contribution in [3.63, 3.8) is 0 Å². The summed E-state index contributed by atoms with van der Waals surface area (Å²) in [5, 5.41) is 11.7. The summed E-state index contributed by atoms with van der Waals surface area (Å²) in [6, 6.07) is 6.10. The Labute approximate surface area is 143 Å². The molecule has 24 heavy (non-hydrogen) atoms. The molecule has 0 N–H and O–H groups in total. The number of carbonyl (C=O) groups excluding carboxylic acids is 2. The van der Waals surface area contributed by atoms with E-state index in [1.807, 2.05) is 0 Å². The molecule has 2 rings (SSSR count). The predicted octanol–water partition coefficient (Wildman–Crippen LogP) is 2.29. The Balaban J connectivity index is 2.73. The van der Waals surface area contributed by atoms with E-state index in [9.17, 15) is 19.7 Å². The van der Waals surface area contributed by atoms with Gasteiger partial charge < -0.3 is 9.47 Å². The van der Waals surface area contributed by atoms with Gasteiger partial charge in [-0.15, -0.1) is 0 Å². The summed E-state index contributed by atoms with van der Waals surface area (Å²) in [5.41, 5.74) is -3.19. The highest BCUT2D eigenvalue weighted by molar-refractivity contribution is 6.30. The number of benzene rings is 1. The van der Waals surface area contributed by atoms with E-state index in [4.69, 9.17) is 21.1 Å². The summed E-state index contributed by atoms with van der Waals surface area (Å²) in [6.45, 7) is 2.23. The van der Waals surface area contributed by atoms with Crippen molar-refractivity contribution in [2.75, 3.05) is 13.2 Å². The van der Waals surface area contributed by atoms with Crippen molar-refractivity contribution < 1.29 is 24.0 Å². The standard InChI is InChI=1S/C16H16ClNO6/c1-3-23-14(20)16(10-18(21)22,11-5-4-6-12(17)9-11)15(2)8-7-13(19)24-15/h4-9H,3,10H2,1-2H3/t15-,16-/m1/s1. The minimum Gasteiger partial charge on any atom is -0.465 e. The van der Waals surface area contributed by atoms with Crippen LogP contribution in [0.4, 0.5) is 0 Å². The van der Waals surface area contributed by atoms with Crippen molar-refractivity contribution >= 4 is 23.5 Å². The third-order valence-corrected chi connectivity index (χ3v) is 4.24. The smallest absolute Gasteiger partial charge is 0.331 e. The molecule has 0 radical (unpaired) electrons. The largest absolute Gasteiger partial charge is 0.465 e. The highest BCUT2D eigenvalue weighted by Gasteiger charge is 2.63. The van der Waals surface area contributed by atoms with Crippen LogP contribution in [0, 0.1) is 10.1 Å². The third kappa shape index (κ3) is 2.99. The van der Waals surface area contributed by atoms with E-state index in [2.05, 4.69) is 0 Å². The number of hydrogen-bond donors (Lipinski definition) is 0. The Hall–Kier alpha value is -2.41. The van der Waals surface area contributed by atoms with Crippen LogP contribution in [0.3, 0.4) is 0 Å². The van der Waals surface area contributed by atoms with Gasteiger partial charge in [0.1, 0.15) is 0 Å². The number of esters is 2. The molecule has 0 fully saturated rings. The monoisotopic (exact) mass is 353 g/mol. The molecular weight excluding hydrogens is 338 g/mol. The van der Waals surface area contributed by atoms with Crippen LogP contribution < -0.4 is 0 Å². The lowest BCUT2D eigenvalue weighted by atomic mass is 9.67. The molecule has 2 atom stereocenters. The van der Waals surface area contributed by atoms with E-state index in [0.717, 1.165) is 6.08 Å². The molecule has 0 bridgehead atoms. The van der Waals surface area contributed by atoms with Crippen LogP contribution >= 0.6 is 11.6 Å². The summed E-state index contributed by atoms with van der Waals surface area (Å²) in [4.78, 5) is 35.2. The summed E-state index contributed by atoms with van der Waals surface area (Å²) in [6.07, 6.45) is 2.48. The molecule has 0 unspecified atom stereocenters. The van der Waals surface area contributed by atoms with E-state index >= 15 is 0 Å². The molecule has 1 aliphatic rings. The fourth-order valence-corrected chi connectivity index (χ4v) is 3.05. The maximum absolute atomic E-state index is 12.8. The second-order valence-electron chi connectivity index (χ2n) is 5.49. The average molecular weight is 354 g/mol. The van der Waals surface area contributed by atoms with Crippen LogP contribution in [-0.2, 0) is 24.5 Å². The number of nitrogens with zero attached hydrogens (tertiary/aromatic N) is 1. The van der Waals surface area contributed by atoms with Crippen molar-refractivity contribution in [3.8, 4) is 0 Å². The van der Waals surface area contributed by atoms with Gasteiger partial charge in [0.05, 0.1) is 6.61 Å². The van der Waals surface area contributed by atoms with Crippen molar-refractivity contribution in [1.82, 2.24) is 0 Å². The molecule has 0 aromatic heterocycles. The highest BCUT2D eigenvalue weighted by Crippen LogP contribution is 2.43. The molecule has 128 valence electrons. The maximum Gasteiger partial charge on any atom is 0.331 e. The summed E-state index contributed by atoms with van der Waals surface area (Å²) in [5.74, 6) is -1.54. The van der Waals surface area contributed by atoms with Gasteiger partial charge in [0.2, 0.25) is 6.54 Å². The van der Waals surface area contributed by atoms with E-state index in [1.165, 1.54) is 25.1 Å². The van der Waals surface area contributed by atoms with Gasteiger partial charge >= 0.3 is 11.9 Å². The van der Waals surface area contributed by atoms with Crippen molar-refractivity contribution in [1.29, 1.82) is 0 Å². The van der Waals surface area contributed by atoms with Gasteiger partial charge in [-0.2, -0.15) is 0 Å². The number of cyclic esters (lactones) is 1. The molecule has 0 aliphatic carbocycles. The number of nitro groups is 1. The third-order valence-electron chi connectivity index (χ3n) is 4.01. The van der Waals surface area contributed by atoms with Gasteiger partial charge in [-0.05, 0) is 37.6 Å². The maximum atomic E-state index is 12.8. The first-order valence-electron chi connectivity index (χ1n) is 7.22. The molecule has 7 nitrogen and oxygen atoms in total. The Morgan fingerprint density at radius 1 is 1.50 bits per heavy atom. The lowest BCUT2D eigenvalue weighted by Gasteiger charge is -2.39. The molecule has 1 heterocycles. The summed E-state index contributed by atoms with van der Waals surface area (Å²) < 4.78 is 10.4. The van der Waals surface area contributed by atoms with Crippen molar-refractivity contribution in [2.45, 2.75) is 24.9 Å². The van der Waals surface area contributed by atoms with Gasteiger partial charge in [0, 0.05) is 16.0 Å². The normalized spacial score (nSPS) is 21.9. The van der Waals surface area contributed by atoms with Gasteiger partial charge in [0.15, 0.2) is 11.0 Å². The lowest BCUT2D eigenvalue weighted by molar-refractivity contribution is -0.492. The van der Waals surface area contributed by atoms with Crippen LogP contribution in [-0.4, -0.2) is 35.6 Å². The van der Waals surface area contributed by atoms with E-state index in [0.29, 0.717) is 5.02 Å². The molecule has 0 saturated carbocycles. The first-order valence-corrected chi connectivity index (χ1v) is 7.60. The van der Waals surface area contributed by atoms with Crippen molar-refractivity contribution in [3.05, 3.63) is 57.1 Å². The molecular formula is C16H16ClNO6. The van der Waals surface area contributed by atoms with E-state index in [-0.39, 0.29) is 12.2 Å². The van der Waals surface area contributed by atoms with E-state index in [1.54, 1.807) is 19.1 Å². The molecule has 0 saturated heterocycles. The van der Waals surface area contributed by atoms with Gasteiger partial charge in [-0.25, -0.2) is 4.79 Å². The van der Waals surface area contributed by atoms with Crippen LogP contribution in [0.2, 0.25) is 5.02 Å². The van der Waals surface area contributed by atoms with Crippen LogP contribution in [0.5, 0.6) is 0 Å². The minimum atomic E-state index is -1.86. The van der Waals surface area contributed by atoms with Crippen LogP contribution in [0.1, 0.15) is 19.4 Å². The average Bonchev–Trinajstić information content (AvgIpc) is 2.85. The molecule has 0 spiro atoms. The Morgan fingerprint density at radius 2 is 2.21 bits per heavy atom. The van der Waals surface area contributed by atoms with Gasteiger partial charge in [-0.3, -0.25) is 14.9 Å². The topological polar surface area (TPSA) is 95.7 Å². The van der Waals surface area contributed by atoms with Crippen molar-refractivity contribution in [2.24, 2.45) is 0 Å². The van der Waals surface area contributed by atoms with Gasteiger partial charge in [0.25, 0.3) is 0 Å². The van der Waals surface area contributed by atoms with Crippen LogP contribution in [0.25, 0.3) is 0 Å². The van der Waals surface area contributed by atoms with E-state index < -0.39 is 34.4 Å². The Morgan fingerprint density at radius 3 is 2.71 bits per heavy atom. The second-order valence-corrected chi connectivity index (χ2v) is 5.92. The predicted molar refractivity (Wildman–Crippen MR) is 85.3 cm³/mol. The zero-order chi connectivity index (χ0) is 18.0. The second kappa shape index (κ2) is 6.60. The number of carbonyl (C=O) groups is 2. The summed E-state index contributed by atoms with van der Waals surface area (Å²) in [7, 11) is 0. The molecule has 0 amide bonds. The SMILES string of the molecule is CCOC(=O)[C@@](C[N+](=O)[O-])(c1cccc(Cl)c1)[C@@]1(C)C=CC(=O)O1. The number of hydrogen-bond acceptors (Lipinski definition) is 6. The minimum absolute atomic E-state index is 0.0204. The zero-order valence-electron chi connectivity index (χ0n) is 13.2. The van der Waals surface area contributed by atoms with Gasteiger partial charge in [-0.1, -0.05) is 23.7 Å².